The zero-order valence-corrected chi connectivity index (χ0v) is 12.5. The summed E-state index contributed by atoms with van der Waals surface area (Å²) in [6.07, 6.45) is 0.752. The molecule has 2 aromatic rings. The van der Waals surface area contributed by atoms with Gasteiger partial charge in [-0.15, -0.1) is 0 Å². The van der Waals surface area contributed by atoms with Gasteiger partial charge in [0.25, 0.3) is 0 Å². The predicted molar refractivity (Wildman–Crippen MR) is 79.0 cm³/mol. The van der Waals surface area contributed by atoms with Crippen LogP contribution >= 0.6 is 23.1 Å². The first-order valence-electron chi connectivity index (χ1n) is 5.96. The highest BCUT2D eigenvalue weighted by molar-refractivity contribution is 7.09. The Morgan fingerprint density at radius 3 is 2.74 bits per heavy atom. The summed E-state index contributed by atoms with van der Waals surface area (Å²) in [5, 5.41) is 1.67. The van der Waals surface area contributed by atoms with E-state index in [4.69, 9.17) is 16.3 Å². The first-order valence-corrected chi connectivity index (χ1v) is 7.11. The van der Waals surface area contributed by atoms with Crippen LogP contribution in [-0.2, 0) is 17.7 Å². The van der Waals surface area contributed by atoms with Gasteiger partial charge in [0.1, 0.15) is 5.82 Å². The maximum atomic E-state index is 5.87. The molecule has 0 atom stereocenters. The van der Waals surface area contributed by atoms with Crippen LogP contribution in [0.1, 0.15) is 11.4 Å². The van der Waals surface area contributed by atoms with Crippen molar-refractivity contribution in [3.05, 3.63) is 40.7 Å². The molecule has 19 heavy (non-hydrogen) atoms. The SMILES string of the molecule is COCCc1nsc(N(C)Cc2ccc(Cl)cc2)n1. The number of nitrogens with zero attached hydrogens (tertiary/aromatic N) is 3. The van der Waals surface area contributed by atoms with E-state index < -0.39 is 0 Å². The Balaban J connectivity index is 1.97. The molecule has 0 saturated carbocycles. The quantitative estimate of drug-likeness (QED) is 0.821. The molecular formula is C13H16ClN3OS. The van der Waals surface area contributed by atoms with E-state index in [0.717, 1.165) is 28.9 Å². The lowest BCUT2D eigenvalue weighted by molar-refractivity contribution is 0.201. The number of hydrogen-bond donors (Lipinski definition) is 0. The second kappa shape index (κ2) is 6.84. The van der Waals surface area contributed by atoms with Gasteiger partial charge in [-0.1, -0.05) is 23.7 Å². The van der Waals surface area contributed by atoms with E-state index >= 15 is 0 Å². The van der Waals surface area contributed by atoms with Gasteiger partial charge in [0.05, 0.1) is 6.61 Å². The Kier molecular flexibility index (Phi) is 5.13. The second-order valence-electron chi connectivity index (χ2n) is 4.22. The molecule has 0 spiro atoms. The molecule has 1 heterocycles. The number of halogens is 1. The van der Waals surface area contributed by atoms with Crippen molar-refractivity contribution >= 4 is 28.3 Å². The third kappa shape index (κ3) is 4.16. The molecule has 0 aliphatic rings. The predicted octanol–water partition coefficient (Wildman–Crippen LogP) is 3.02. The fourth-order valence-electron chi connectivity index (χ4n) is 1.63. The maximum absolute atomic E-state index is 5.87. The lowest BCUT2D eigenvalue weighted by Gasteiger charge is -2.14. The molecule has 0 N–H and O–H groups in total. The average Bonchev–Trinajstić information content (AvgIpc) is 2.88. The minimum Gasteiger partial charge on any atom is -0.384 e. The summed E-state index contributed by atoms with van der Waals surface area (Å²) in [6.45, 7) is 1.44. The van der Waals surface area contributed by atoms with Gasteiger partial charge in [0.15, 0.2) is 0 Å². The van der Waals surface area contributed by atoms with E-state index in [1.807, 2.05) is 31.3 Å². The molecular weight excluding hydrogens is 282 g/mol. The van der Waals surface area contributed by atoms with Crippen LogP contribution in [0.25, 0.3) is 0 Å². The Bertz CT molecular complexity index is 515. The van der Waals surface area contributed by atoms with E-state index in [-0.39, 0.29) is 0 Å². The minimum absolute atomic E-state index is 0.650. The van der Waals surface area contributed by atoms with E-state index in [9.17, 15) is 0 Å². The lowest BCUT2D eigenvalue weighted by Crippen LogP contribution is -2.16. The summed E-state index contributed by atoms with van der Waals surface area (Å²) in [5.41, 5.74) is 1.19. The van der Waals surface area contributed by atoms with Crippen molar-refractivity contribution in [1.29, 1.82) is 0 Å². The molecule has 102 valence electrons. The molecule has 4 nitrogen and oxygen atoms in total. The maximum Gasteiger partial charge on any atom is 0.205 e. The number of ether oxygens (including phenoxy) is 1. The Labute approximate surface area is 122 Å². The first kappa shape index (κ1) is 14.2. The summed E-state index contributed by atoms with van der Waals surface area (Å²) < 4.78 is 9.34. The molecule has 0 unspecified atom stereocenters. The third-order valence-electron chi connectivity index (χ3n) is 2.65. The lowest BCUT2D eigenvalue weighted by atomic mass is 10.2. The van der Waals surface area contributed by atoms with Crippen molar-refractivity contribution < 1.29 is 4.74 Å². The van der Waals surface area contributed by atoms with Crippen LogP contribution < -0.4 is 4.90 Å². The van der Waals surface area contributed by atoms with Crippen LogP contribution in [-0.4, -0.2) is 30.1 Å². The fourth-order valence-corrected chi connectivity index (χ4v) is 2.42. The van der Waals surface area contributed by atoms with Gasteiger partial charge in [-0.2, -0.15) is 4.37 Å². The highest BCUT2D eigenvalue weighted by Gasteiger charge is 2.09. The van der Waals surface area contributed by atoms with Crippen LogP contribution in [0.4, 0.5) is 5.13 Å². The zero-order chi connectivity index (χ0) is 13.7. The molecule has 2 rings (SSSR count). The number of rotatable bonds is 6. The molecule has 0 fully saturated rings. The van der Waals surface area contributed by atoms with Crippen LogP contribution in [0.5, 0.6) is 0 Å². The van der Waals surface area contributed by atoms with E-state index in [0.29, 0.717) is 6.61 Å². The van der Waals surface area contributed by atoms with Crippen molar-refractivity contribution in [2.45, 2.75) is 13.0 Å². The normalized spacial score (nSPS) is 10.7. The van der Waals surface area contributed by atoms with Crippen molar-refractivity contribution in [2.75, 3.05) is 25.7 Å². The Morgan fingerprint density at radius 1 is 1.32 bits per heavy atom. The van der Waals surface area contributed by atoms with Crippen LogP contribution in [0.2, 0.25) is 5.02 Å². The summed E-state index contributed by atoms with van der Waals surface area (Å²) in [6, 6.07) is 7.83. The highest BCUT2D eigenvalue weighted by atomic mass is 35.5. The zero-order valence-electron chi connectivity index (χ0n) is 11.0. The minimum atomic E-state index is 0.650. The van der Waals surface area contributed by atoms with Crippen molar-refractivity contribution in [3.63, 3.8) is 0 Å². The van der Waals surface area contributed by atoms with Crippen molar-refractivity contribution in [2.24, 2.45) is 0 Å². The molecule has 1 aromatic carbocycles. The van der Waals surface area contributed by atoms with Gasteiger partial charge >= 0.3 is 0 Å². The molecule has 0 aliphatic heterocycles. The smallest absolute Gasteiger partial charge is 0.205 e. The molecule has 0 saturated heterocycles. The first-order chi connectivity index (χ1) is 9.19. The van der Waals surface area contributed by atoms with Gasteiger partial charge in [0, 0.05) is 43.7 Å². The van der Waals surface area contributed by atoms with E-state index in [1.165, 1.54) is 17.1 Å². The molecule has 0 radical (unpaired) electrons. The summed E-state index contributed by atoms with van der Waals surface area (Å²) in [7, 11) is 3.69. The molecule has 0 amide bonds. The van der Waals surface area contributed by atoms with Crippen molar-refractivity contribution in [3.8, 4) is 0 Å². The third-order valence-corrected chi connectivity index (χ3v) is 3.77. The number of hydrogen-bond acceptors (Lipinski definition) is 5. The topological polar surface area (TPSA) is 38.2 Å². The second-order valence-corrected chi connectivity index (χ2v) is 5.39. The standard InChI is InChI=1S/C13H16ClN3OS/c1-17(9-10-3-5-11(14)6-4-10)13-15-12(16-19-13)7-8-18-2/h3-6H,7-9H2,1-2H3. The number of benzene rings is 1. The van der Waals surface area contributed by atoms with Gasteiger partial charge in [-0.25, -0.2) is 4.98 Å². The summed E-state index contributed by atoms with van der Waals surface area (Å²) in [5.74, 6) is 0.838. The van der Waals surface area contributed by atoms with Crippen LogP contribution in [0.15, 0.2) is 24.3 Å². The Hall–Kier alpha value is -1.17. The van der Waals surface area contributed by atoms with Gasteiger partial charge in [-0.05, 0) is 17.7 Å². The van der Waals surface area contributed by atoms with Crippen LogP contribution in [0.3, 0.4) is 0 Å². The number of methoxy groups -OCH3 is 1. The fraction of sp³-hybridized carbons (Fsp3) is 0.385. The molecule has 6 heteroatoms. The van der Waals surface area contributed by atoms with E-state index in [1.54, 1.807) is 7.11 Å². The number of anilines is 1. The molecule has 0 bridgehead atoms. The summed E-state index contributed by atoms with van der Waals surface area (Å²) >= 11 is 7.28. The van der Waals surface area contributed by atoms with Crippen LogP contribution in [0, 0.1) is 0 Å². The van der Waals surface area contributed by atoms with E-state index in [2.05, 4.69) is 14.3 Å². The van der Waals surface area contributed by atoms with Gasteiger partial charge in [-0.3, -0.25) is 0 Å². The highest BCUT2D eigenvalue weighted by Crippen LogP contribution is 2.19. The monoisotopic (exact) mass is 297 g/mol. The molecule has 0 aliphatic carbocycles. The average molecular weight is 298 g/mol. The number of aromatic nitrogens is 2. The molecule has 1 aromatic heterocycles. The van der Waals surface area contributed by atoms with Gasteiger partial charge in [0.2, 0.25) is 5.13 Å². The van der Waals surface area contributed by atoms with Crippen molar-refractivity contribution in [1.82, 2.24) is 9.36 Å². The largest absolute Gasteiger partial charge is 0.384 e. The van der Waals surface area contributed by atoms with Gasteiger partial charge < -0.3 is 9.64 Å². The Morgan fingerprint density at radius 2 is 2.05 bits per heavy atom. The summed E-state index contributed by atoms with van der Waals surface area (Å²) in [4.78, 5) is 6.57.